The van der Waals surface area contributed by atoms with E-state index in [1.165, 1.54) is 19.3 Å². The van der Waals surface area contributed by atoms with Gasteiger partial charge in [0.2, 0.25) is 0 Å². The molecule has 1 aliphatic rings. The fraction of sp³-hybridized carbons (Fsp3) is 0.588. The van der Waals surface area contributed by atoms with Gasteiger partial charge < -0.3 is 9.64 Å². The molecule has 0 aromatic heterocycles. The summed E-state index contributed by atoms with van der Waals surface area (Å²) in [6.45, 7) is 4.19. The van der Waals surface area contributed by atoms with Crippen LogP contribution in [-0.2, 0) is 0 Å². The summed E-state index contributed by atoms with van der Waals surface area (Å²) in [6, 6.07) is 6.19. The van der Waals surface area contributed by atoms with Crippen LogP contribution in [0.5, 0.6) is 5.75 Å². The highest BCUT2D eigenvalue weighted by Gasteiger charge is 2.30. The number of methoxy groups -OCH3 is 1. The van der Waals surface area contributed by atoms with Crippen LogP contribution in [-0.4, -0.2) is 30.0 Å². The van der Waals surface area contributed by atoms with Gasteiger partial charge in [0.25, 0.3) is 5.91 Å². The Morgan fingerprint density at radius 3 is 2.52 bits per heavy atom. The highest BCUT2D eigenvalue weighted by Crippen LogP contribution is 2.32. The van der Waals surface area contributed by atoms with Crippen LogP contribution < -0.4 is 4.74 Å². The first kappa shape index (κ1) is 16.3. The molecule has 0 heterocycles. The highest BCUT2D eigenvalue weighted by molar-refractivity contribution is 9.10. The zero-order valence-electron chi connectivity index (χ0n) is 13.1. The Labute approximate surface area is 135 Å². The molecule has 1 aromatic carbocycles. The molecule has 3 nitrogen and oxygen atoms in total. The van der Waals surface area contributed by atoms with E-state index in [2.05, 4.69) is 29.8 Å². The Morgan fingerprint density at radius 1 is 1.29 bits per heavy atom. The summed E-state index contributed by atoms with van der Waals surface area (Å²) in [6.07, 6.45) is 5.95. The zero-order valence-corrected chi connectivity index (χ0v) is 14.6. The molecule has 0 bridgehead atoms. The topological polar surface area (TPSA) is 29.5 Å². The number of nitrogens with zero attached hydrogens (tertiary/aromatic N) is 1. The number of halogens is 1. The van der Waals surface area contributed by atoms with Crippen molar-refractivity contribution in [3.8, 4) is 5.75 Å². The SMILES string of the molecule is COc1c(Br)cccc1C(=O)N(C(C)C)C1CCCCC1. The standard InChI is InChI=1S/C17H24BrNO2/c1-12(2)19(13-8-5-4-6-9-13)17(20)14-10-7-11-15(18)16(14)21-3/h7,10-13H,4-6,8-9H2,1-3H3. The second kappa shape index (κ2) is 7.30. The Balaban J connectivity index is 2.32. The van der Waals surface area contributed by atoms with Gasteiger partial charge in [0.1, 0.15) is 5.75 Å². The van der Waals surface area contributed by atoms with E-state index < -0.39 is 0 Å². The van der Waals surface area contributed by atoms with Crippen molar-refractivity contribution in [1.29, 1.82) is 0 Å². The number of carbonyl (C=O) groups excluding carboxylic acids is 1. The van der Waals surface area contributed by atoms with Gasteiger partial charge >= 0.3 is 0 Å². The second-order valence-electron chi connectivity index (χ2n) is 5.92. The molecule has 0 radical (unpaired) electrons. The second-order valence-corrected chi connectivity index (χ2v) is 6.77. The number of benzene rings is 1. The number of hydrogen-bond acceptors (Lipinski definition) is 2. The fourth-order valence-corrected chi connectivity index (χ4v) is 3.73. The third-order valence-electron chi connectivity index (χ3n) is 4.16. The number of ether oxygens (including phenoxy) is 1. The van der Waals surface area contributed by atoms with E-state index in [-0.39, 0.29) is 11.9 Å². The maximum absolute atomic E-state index is 13.0. The lowest BCUT2D eigenvalue weighted by Crippen LogP contribution is -2.45. The van der Waals surface area contributed by atoms with E-state index in [0.717, 1.165) is 17.3 Å². The monoisotopic (exact) mass is 353 g/mol. The van der Waals surface area contributed by atoms with Crippen molar-refractivity contribution >= 4 is 21.8 Å². The van der Waals surface area contributed by atoms with Crippen LogP contribution in [0, 0.1) is 0 Å². The number of para-hydroxylation sites is 1. The van der Waals surface area contributed by atoms with Gasteiger partial charge in [-0.3, -0.25) is 4.79 Å². The molecule has 21 heavy (non-hydrogen) atoms. The summed E-state index contributed by atoms with van der Waals surface area (Å²) in [5, 5.41) is 0. The van der Waals surface area contributed by atoms with Gasteiger partial charge in [-0.2, -0.15) is 0 Å². The lowest BCUT2D eigenvalue weighted by molar-refractivity contribution is 0.0552. The van der Waals surface area contributed by atoms with Gasteiger partial charge in [0, 0.05) is 12.1 Å². The zero-order chi connectivity index (χ0) is 15.4. The highest BCUT2D eigenvalue weighted by atomic mass is 79.9. The van der Waals surface area contributed by atoms with Crippen molar-refractivity contribution in [2.45, 2.75) is 58.0 Å². The lowest BCUT2D eigenvalue weighted by atomic mass is 9.92. The Hall–Kier alpha value is -1.03. The summed E-state index contributed by atoms with van der Waals surface area (Å²) in [4.78, 5) is 15.1. The number of rotatable bonds is 4. The third kappa shape index (κ3) is 3.60. The molecule has 1 aromatic rings. The first-order valence-corrected chi connectivity index (χ1v) is 8.50. The maximum atomic E-state index is 13.0. The van der Waals surface area contributed by atoms with Gasteiger partial charge in [0.15, 0.2) is 0 Å². The smallest absolute Gasteiger partial charge is 0.258 e. The average molecular weight is 354 g/mol. The van der Waals surface area contributed by atoms with Crippen LogP contribution >= 0.6 is 15.9 Å². The van der Waals surface area contributed by atoms with Crippen LogP contribution in [0.1, 0.15) is 56.3 Å². The van der Waals surface area contributed by atoms with Crippen molar-refractivity contribution in [2.24, 2.45) is 0 Å². The Bertz CT molecular complexity index is 496. The van der Waals surface area contributed by atoms with Crippen molar-refractivity contribution in [2.75, 3.05) is 7.11 Å². The lowest BCUT2D eigenvalue weighted by Gasteiger charge is -2.37. The van der Waals surface area contributed by atoms with Crippen LogP contribution in [0.3, 0.4) is 0 Å². The van der Waals surface area contributed by atoms with Crippen LogP contribution in [0.2, 0.25) is 0 Å². The summed E-state index contributed by atoms with van der Waals surface area (Å²) in [5.74, 6) is 0.707. The van der Waals surface area contributed by atoms with E-state index in [9.17, 15) is 4.79 Å². The van der Waals surface area contributed by atoms with Gasteiger partial charge in [-0.1, -0.05) is 25.3 Å². The van der Waals surface area contributed by atoms with E-state index >= 15 is 0 Å². The van der Waals surface area contributed by atoms with Gasteiger partial charge in [-0.05, 0) is 54.8 Å². The first-order chi connectivity index (χ1) is 10.1. The van der Waals surface area contributed by atoms with Crippen molar-refractivity contribution in [1.82, 2.24) is 4.90 Å². The molecule has 4 heteroatoms. The molecule has 0 unspecified atom stereocenters. The molecule has 0 saturated heterocycles. The van der Waals surface area contributed by atoms with Gasteiger partial charge in [-0.15, -0.1) is 0 Å². The predicted molar refractivity (Wildman–Crippen MR) is 88.9 cm³/mol. The minimum atomic E-state index is 0.0788. The number of hydrogen-bond donors (Lipinski definition) is 0. The molecule has 0 atom stereocenters. The van der Waals surface area contributed by atoms with Crippen molar-refractivity contribution in [3.05, 3.63) is 28.2 Å². The average Bonchev–Trinajstić information content (AvgIpc) is 2.47. The van der Waals surface area contributed by atoms with E-state index in [1.54, 1.807) is 7.11 Å². The largest absolute Gasteiger partial charge is 0.495 e. The molecule has 116 valence electrons. The molecule has 1 saturated carbocycles. The number of amides is 1. The summed E-state index contributed by atoms with van der Waals surface area (Å²) in [5.41, 5.74) is 0.645. The van der Waals surface area contributed by atoms with Gasteiger partial charge in [-0.25, -0.2) is 0 Å². The normalized spacial score (nSPS) is 16.0. The van der Waals surface area contributed by atoms with E-state index in [0.29, 0.717) is 17.4 Å². The summed E-state index contributed by atoms with van der Waals surface area (Å²) < 4.78 is 6.24. The van der Waals surface area contributed by atoms with Gasteiger partial charge in [0.05, 0.1) is 17.1 Å². The molecular formula is C17H24BrNO2. The minimum Gasteiger partial charge on any atom is -0.495 e. The first-order valence-electron chi connectivity index (χ1n) is 7.71. The van der Waals surface area contributed by atoms with Crippen molar-refractivity contribution < 1.29 is 9.53 Å². The molecule has 0 aliphatic heterocycles. The van der Waals surface area contributed by atoms with E-state index in [4.69, 9.17) is 4.74 Å². The molecule has 0 spiro atoms. The molecule has 1 fully saturated rings. The summed E-state index contributed by atoms with van der Waals surface area (Å²) in [7, 11) is 1.61. The van der Waals surface area contributed by atoms with Crippen molar-refractivity contribution in [3.63, 3.8) is 0 Å². The molecule has 1 amide bonds. The Kier molecular flexibility index (Phi) is 5.68. The number of carbonyl (C=O) groups is 1. The third-order valence-corrected chi connectivity index (χ3v) is 4.78. The Morgan fingerprint density at radius 2 is 1.95 bits per heavy atom. The quantitative estimate of drug-likeness (QED) is 0.788. The minimum absolute atomic E-state index is 0.0788. The molecular weight excluding hydrogens is 330 g/mol. The predicted octanol–water partition coefficient (Wildman–Crippen LogP) is 4.64. The maximum Gasteiger partial charge on any atom is 0.258 e. The molecule has 1 aliphatic carbocycles. The summed E-state index contributed by atoms with van der Waals surface area (Å²) >= 11 is 3.46. The molecule has 0 N–H and O–H groups in total. The molecule has 2 rings (SSSR count). The van der Waals surface area contributed by atoms with Crippen LogP contribution in [0.25, 0.3) is 0 Å². The van der Waals surface area contributed by atoms with Crippen LogP contribution in [0.4, 0.5) is 0 Å². The fourth-order valence-electron chi connectivity index (χ4n) is 3.20. The van der Waals surface area contributed by atoms with E-state index in [1.807, 2.05) is 23.1 Å². The van der Waals surface area contributed by atoms with Crippen LogP contribution in [0.15, 0.2) is 22.7 Å².